The molecule has 0 spiro atoms. The summed E-state index contributed by atoms with van der Waals surface area (Å²) in [5.41, 5.74) is 2.59. The minimum atomic E-state index is 0.370. The van der Waals surface area contributed by atoms with Gasteiger partial charge in [-0.05, 0) is 56.1 Å². The third-order valence-electron chi connectivity index (χ3n) is 3.27. The molecule has 1 aromatic heterocycles. The summed E-state index contributed by atoms with van der Waals surface area (Å²) in [6, 6.07) is 13.1. The van der Waals surface area contributed by atoms with Gasteiger partial charge in [0.25, 0.3) is 0 Å². The summed E-state index contributed by atoms with van der Waals surface area (Å²) in [5.74, 6) is 0. The van der Waals surface area contributed by atoms with Gasteiger partial charge in [0.05, 0.1) is 0 Å². The van der Waals surface area contributed by atoms with Crippen molar-refractivity contribution in [2.45, 2.75) is 43.2 Å². The van der Waals surface area contributed by atoms with E-state index < -0.39 is 0 Å². The van der Waals surface area contributed by atoms with Crippen LogP contribution >= 0.6 is 11.8 Å². The fraction of sp³-hybridized carbons (Fsp3) is 0.353. The van der Waals surface area contributed by atoms with Crippen LogP contribution in [-0.4, -0.2) is 11.5 Å². The Morgan fingerprint density at radius 2 is 2.05 bits per heavy atom. The molecule has 0 radical (unpaired) electrons. The molecule has 0 aliphatic rings. The molecule has 0 bridgehead atoms. The zero-order valence-electron chi connectivity index (χ0n) is 12.4. The Kier molecular flexibility index (Phi) is 5.62. The Bertz CT molecular complexity index is 554. The Labute approximate surface area is 126 Å². The molecule has 2 aromatic rings. The quantitative estimate of drug-likeness (QED) is 0.840. The summed E-state index contributed by atoms with van der Waals surface area (Å²) in [6.45, 7) is 7.57. The van der Waals surface area contributed by atoms with E-state index in [2.05, 4.69) is 67.5 Å². The van der Waals surface area contributed by atoms with E-state index in [-0.39, 0.29) is 0 Å². The molecule has 20 heavy (non-hydrogen) atoms. The molecule has 0 aliphatic carbocycles. The predicted molar refractivity (Wildman–Crippen MR) is 86.2 cm³/mol. The summed E-state index contributed by atoms with van der Waals surface area (Å²) >= 11 is 1.73. The molecular weight excluding hydrogens is 264 g/mol. The summed E-state index contributed by atoms with van der Waals surface area (Å²) in [6.07, 6.45) is 3.06. The third kappa shape index (κ3) is 4.09. The van der Waals surface area contributed by atoms with Crippen LogP contribution in [0.25, 0.3) is 0 Å². The van der Waals surface area contributed by atoms with Crippen LogP contribution in [0, 0.1) is 6.92 Å². The zero-order chi connectivity index (χ0) is 14.4. The molecule has 1 atom stereocenters. The minimum Gasteiger partial charge on any atom is -0.310 e. The summed E-state index contributed by atoms with van der Waals surface area (Å²) < 4.78 is 0. The van der Waals surface area contributed by atoms with Gasteiger partial charge < -0.3 is 5.32 Å². The first kappa shape index (κ1) is 15.1. The van der Waals surface area contributed by atoms with Crippen molar-refractivity contribution < 1.29 is 0 Å². The number of rotatable bonds is 6. The zero-order valence-corrected chi connectivity index (χ0v) is 13.2. The van der Waals surface area contributed by atoms with Crippen LogP contribution in [0.4, 0.5) is 0 Å². The highest BCUT2D eigenvalue weighted by Crippen LogP contribution is 2.29. The van der Waals surface area contributed by atoms with E-state index in [0.29, 0.717) is 6.04 Å². The summed E-state index contributed by atoms with van der Waals surface area (Å²) in [5, 5.41) is 4.57. The topological polar surface area (TPSA) is 24.9 Å². The van der Waals surface area contributed by atoms with E-state index >= 15 is 0 Å². The molecule has 1 unspecified atom stereocenters. The average Bonchev–Trinajstić information content (AvgIpc) is 2.47. The van der Waals surface area contributed by atoms with Crippen LogP contribution in [0.3, 0.4) is 0 Å². The van der Waals surface area contributed by atoms with Crippen molar-refractivity contribution in [2.75, 3.05) is 6.54 Å². The second kappa shape index (κ2) is 7.46. The van der Waals surface area contributed by atoms with Crippen LogP contribution < -0.4 is 5.32 Å². The molecule has 1 heterocycles. The molecular formula is C17H22N2S. The molecule has 2 rings (SSSR count). The lowest BCUT2D eigenvalue weighted by Gasteiger charge is -2.14. The number of aryl methyl sites for hydroxylation is 1. The lowest BCUT2D eigenvalue weighted by molar-refractivity contribution is 0.569. The molecule has 0 amide bonds. The minimum absolute atomic E-state index is 0.370. The Hall–Kier alpha value is -1.32. The van der Waals surface area contributed by atoms with Crippen molar-refractivity contribution in [3.63, 3.8) is 0 Å². The average molecular weight is 286 g/mol. The first-order chi connectivity index (χ1) is 9.70. The van der Waals surface area contributed by atoms with Crippen molar-refractivity contribution in [1.29, 1.82) is 0 Å². The van der Waals surface area contributed by atoms with Gasteiger partial charge in [-0.15, -0.1) is 0 Å². The van der Waals surface area contributed by atoms with E-state index in [4.69, 9.17) is 0 Å². The van der Waals surface area contributed by atoms with E-state index in [9.17, 15) is 0 Å². The molecule has 0 aliphatic heterocycles. The number of nitrogens with one attached hydrogen (secondary N) is 1. The SMILES string of the molecule is CCCNC(C)c1ccnc(Sc2ccccc2C)c1. The first-order valence-corrected chi connectivity index (χ1v) is 7.95. The summed E-state index contributed by atoms with van der Waals surface area (Å²) in [7, 11) is 0. The molecule has 0 saturated heterocycles. The fourth-order valence-electron chi connectivity index (χ4n) is 2.01. The van der Waals surface area contributed by atoms with Gasteiger partial charge in [0.15, 0.2) is 0 Å². The van der Waals surface area contributed by atoms with Gasteiger partial charge in [-0.1, -0.05) is 36.9 Å². The maximum Gasteiger partial charge on any atom is 0.101 e. The first-order valence-electron chi connectivity index (χ1n) is 7.13. The van der Waals surface area contributed by atoms with Crippen LogP contribution in [0.1, 0.15) is 37.4 Å². The number of nitrogens with zero attached hydrogens (tertiary/aromatic N) is 1. The van der Waals surface area contributed by atoms with Gasteiger partial charge >= 0.3 is 0 Å². The Morgan fingerprint density at radius 3 is 2.80 bits per heavy atom. The van der Waals surface area contributed by atoms with Gasteiger partial charge in [0.1, 0.15) is 5.03 Å². The third-order valence-corrected chi connectivity index (χ3v) is 4.38. The number of hydrogen-bond donors (Lipinski definition) is 1. The molecule has 3 heteroatoms. The number of pyridine rings is 1. The van der Waals surface area contributed by atoms with Gasteiger partial charge in [-0.25, -0.2) is 4.98 Å². The van der Waals surface area contributed by atoms with E-state index in [1.165, 1.54) is 16.0 Å². The van der Waals surface area contributed by atoms with Gasteiger partial charge in [0.2, 0.25) is 0 Å². The van der Waals surface area contributed by atoms with E-state index in [1.807, 2.05) is 6.20 Å². The monoisotopic (exact) mass is 286 g/mol. The number of benzene rings is 1. The van der Waals surface area contributed by atoms with Crippen LogP contribution in [0.15, 0.2) is 52.5 Å². The molecule has 0 fully saturated rings. The lowest BCUT2D eigenvalue weighted by atomic mass is 10.1. The summed E-state index contributed by atoms with van der Waals surface area (Å²) in [4.78, 5) is 5.74. The fourth-order valence-corrected chi connectivity index (χ4v) is 2.92. The highest BCUT2D eigenvalue weighted by molar-refractivity contribution is 7.99. The Balaban J connectivity index is 2.12. The largest absolute Gasteiger partial charge is 0.310 e. The number of aromatic nitrogens is 1. The number of hydrogen-bond acceptors (Lipinski definition) is 3. The molecule has 106 valence electrons. The second-order valence-electron chi connectivity index (χ2n) is 4.97. The highest BCUT2D eigenvalue weighted by atomic mass is 32.2. The van der Waals surface area contributed by atoms with Gasteiger partial charge in [-0.3, -0.25) is 0 Å². The van der Waals surface area contributed by atoms with Crippen molar-refractivity contribution in [1.82, 2.24) is 10.3 Å². The van der Waals surface area contributed by atoms with E-state index in [0.717, 1.165) is 18.0 Å². The molecule has 1 N–H and O–H groups in total. The van der Waals surface area contributed by atoms with E-state index in [1.54, 1.807) is 11.8 Å². The molecule has 0 saturated carbocycles. The standard InChI is InChI=1S/C17H22N2S/c1-4-10-18-14(3)15-9-11-19-17(12-15)20-16-8-6-5-7-13(16)2/h5-9,11-12,14,18H,4,10H2,1-3H3. The normalized spacial score (nSPS) is 12.3. The van der Waals surface area contributed by atoms with Crippen LogP contribution in [0.2, 0.25) is 0 Å². The maximum atomic E-state index is 4.47. The van der Waals surface area contributed by atoms with Gasteiger partial charge in [0, 0.05) is 17.1 Å². The van der Waals surface area contributed by atoms with Crippen molar-refractivity contribution in [2.24, 2.45) is 0 Å². The van der Waals surface area contributed by atoms with Crippen LogP contribution in [0.5, 0.6) is 0 Å². The second-order valence-corrected chi connectivity index (χ2v) is 6.03. The van der Waals surface area contributed by atoms with Crippen molar-refractivity contribution >= 4 is 11.8 Å². The van der Waals surface area contributed by atoms with Gasteiger partial charge in [-0.2, -0.15) is 0 Å². The molecule has 1 aromatic carbocycles. The Morgan fingerprint density at radius 1 is 1.25 bits per heavy atom. The smallest absolute Gasteiger partial charge is 0.101 e. The highest BCUT2D eigenvalue weighted by Gasteiger charge is 2.07. The molecule has 2 nitrogen and oxygen atoms in total. The van der Waals surface area contributed by atoms with Crippen molar-refractivity contribution in [3.05, 3.63) is 53.7 Å². The van der Waals surface area contributed by atoms with Crippen LogP contribution in [-0.2, 0) is 0 Å². The maximum absolute atomic E-state index is 4.47. The predicted octanol–water partition coefficient (Wildman–Crippen LogP) is 4.60. The lowest BCUT2D eigenvalue weighted by Crippen LogP contribution is -2.19. The van der Waals surface area contributed by atoms with Crippen molar-refractivity contribution in [3.8, 4) is 0 Å².